The highest BCUT2D eigenvalue weighted by molar-refractivity contribution is 5.23. The third-order valence-corrected chi connectivity index (χ3v) is 1.09. The molecule has 0 saturated carbocycles. The van der Waals surface area contributed by atoms with Gasteiger partial charge in [-0.3, -0.25) is 0 Å². The first kappa shape index (κ1) is 10.6. The standard InChI is InChI=1S/C7H5FN2.C2H6/c1-5-2-3-6(8)7(4-9)10-5;1-2/h2-3H,1H3;1-2H3. The maximum Gasteiger partial charge on any atom is 0.176 e. The van der Waals surface area contributed by atoms with Gasteiger partial charge in [0.1, 0.15) is 6.07 Å². The number of aromatic nitrogens is 1. The van der Waals surface area contributed by atoms with E-state index in [1.807, 2.05) is 13.8 Å². The number of nitriles is 1. The normalized spacial score (nSPS) is 7.92. The molecule has 0 saturated heterocycles. The Labute approximate surface area is 71.7 Å². The average molecular weight is 166 g/mol. The molecule has 0 aromatic carbocycles. The monoisotopic (exact) mass is 166 g/mol. The molecule has 64 valence electrons. The molecule has 1 rings (SSSR count). The van der Waals surface area contributed by atoms with Crippen molar-refractivity contribution in [3.05, 3.63) is 29.3 Å². The molecular formula is C9H11FN2. The van der Waals surface area contributed by atoms with Crippen molar-refractivity contribution in [1.29, 1.82) is 5.26 Å². The van der Waals surface area contributed by atoms with Gasteiger partial charge < -0.3 is 0 Å². The van der Waals surface area contributed by atoms with E-state index in [4.69, 9.17) is 5.26 Å². The molecule has 1 aromatic heterocycles. The first-order valence-electron chi connectivity index (χ1n) is 3.77. The number of rotatable bonds is 0. The van der Waals surface area contributed by atoms with E-state index in [-0.39, 0.29) is 5.69 Å². The molecule has 0 bridgehead atoms. The average Bonchev–Trinajstić information content (AvgIpc) is 2.13. The molecule has 2 nitrogen and oxygen atoms in total. The van der Waals surface area contributed by atoms with Crippen LogP contribution in [0.25, 0.3) is 0 Å². The first-order valence-corrected chi connectivity index (χ1v) is 3.77. The number of hydrogen-bond donors (Lipinski definition) is 0. The van der Waals surface area contributed by atoms with E-state index in [2.05, 4.69) is 4.98 Å². The molecule has 0 amide bonds. The van der Waals surface area contributed by atoms with Crippen molar-refractivity contribution >= 4 is 0 Å². The molecule has 0 unspecified atom stereocenters. The number of halogens is 1. The van der Waals surface area contributed by atoms with E-state index < -0.39 is 5.82 Å². The lowest BCUT2D eigenvalue weighted by molar-refractivity contribution is 0.615. The van der Waals surface area contributed by atoms with Gasteiger partial charge in [-0.2, -0.15) is 5.26 Å². The minimum atomic E-state index is -0.562. The Bertz CT molecular complexity index is 289. The van der Waals surface area contributed by atoms with Crippen LogP contribution in [0.5, 0.6) is 0 Å². The third kappa shape index (κ3) is 2.67. The van der Waals surface area contributed by atoms with Crippen LogP contribution in [0.15, 0.2) is 12.1 Å². The van der Waals surface area contributed by atoms with Crippen LogP contribution in [0, 0.1) is 24.1 Å². The van der Waals surface area contributed by atoms with Crippen molar-refractivity contribution in [1.82, 2.24) is 4.98 Å². The second-order valence-electron chi connectivity index (χ2n) is 1.89. The van der Waals surface area contributed by atoms with Crippen molar-refractivity contribution in [3.8, 4) is 6.07 Å². The maximum absolute atomic E-state index is 12.5. The molecule has 3 heteroatoms. The lowest BCUT2D eigenvalue weighted by atomic mass is 10.3. The second kappa shape index (κ2) is 5.25. The summed E-state index contributed by atoms with van der Waals surface area (Å²) < 4.78 is 12.5. The molecule has 0 radical (unpaired) electrons. The highest BCUT2D eigenvalue weighted by Gasteiger charge is 2.00. The van der Waals surface area contributed by atoms with E-state index in [0.29, 0.717) is 5.69 Å². The van der Waals surface area contributed by atoms with E-state index in [0.717, 1.165) is 0 Å². The van der Waals surface area contributed by atoms with Crippen LogP contribution in [0.4, 0.5) is 4.39 Å². The van der Waals surface area contributed by atoms with Crippen molar-refractivity contribution in [2.75, 3.05) is 0 Å². The fraction of sp³-hybridized carbons (Fsp3) is 0.333. The van der Waals surface area contributed by atoms with Crippen LogP contribution < -0.4 is 0 Å². The minimum Gasteiger partial charge on any atom is -0.239 e. The van der Waals surface area contributed by atoms with Gasteiger partial charge in [-0.1, -0.05) is 13.8 Å². The molecular weight excluding hydrogens is 155 g/mol. The Balaban J connectivity index is 0.000000561. The highest BCUT2D eigenvalue weighted by Crippen LogP contribution is 2.02. The van der Waals surface area contributed by atoms with Gasteiger partial charge in [0.05, 0.1) is 0 Å². The fourth-order valence-electron chi connectivity index (χ4n) is 0.618. The summed E-state index contributed by atoms with van der Waals surface area (Å²) in [7, 11) is 0. The lowest BCUT2D eigenvalue weighted by Crippen LogP contribution is -1.90. The Morgan fingerprint density at radius 1 is 1.42 bits per heavy atom. The van der Waals surface area contributed by atoms with Crippen molar-refractivity contribution < 1.29 is 4.39 Å². The minimum absolute atomic E-state index is 0.139. The summed E-state index contributed by atoms with van der Waals surface area (Å²) in [4.78, 5) is 3.66. The van der Waals surface area contributed by atoms with E-state index in [1.165, 1.54) is 12.1 Å². The van der Waals surface area contributed by atoms with Gasteiger partial charge in [-0.15, -0.1) is 0 Å². The topological polar surface area (TPSA) is 36.7 Å². The molecule has 12 heavy (non-hydrogen) atoms. The van der Waals surface area contributed by atoms with Crippen molar-refractivity contribution in [2.24, 2.45) is 0 Å². The molecule has 0 fully saturated rings. The van der Waals surface area contributed by atoms with Crippen LogP contribution in [-0.4, -0.2) is 4.98 Å². The highest BCUT2D eigenvalue weighted by atomic mass is 19.1. The van der Waals surface area contributed by atoms with Gasteiger partial charge in [0, 0.05) is 5.69 Å². The molecule has 0 aliphatic rings. The number of nitrogens with zero attached hydrogens (tertiary/aromatic N) is 2. The summed E-state index contributed by atoms with van der Waals surface area (Å²) in [5.74, 6) is -0.562. The first-order chi connectivity index (χ1) is 5.74. The quantitative estimate of drug-likeness (QED) is 0.593. The van der Waals surface area contributed by atoms with Gasteiger partial charge in [-0.05, 0) is 19.1 Å². The van der Waals surface area contributed by atoms with Gasteiger partial charge in [0.15, 0.2) is 11.5 Å². The van der Waals surface area contributed by atoms with Gasteiger partial charge in [-0.25, -0.2) is 9.37 Å². The molecule has 0 aliphatic heterocycles. The zero-order valence-corrected chi connectivity index (χ0v) is 7.43. The van der Waals surface area contributed by atoms with Crippen LogP contribution in [-0.2, 0) is 0 Å². The fourth-order valence-corrected chi connectivity index (χ4v) is 0.618. The summed E-state index contributed by atoms with van der Waals surface area (Å²) in [6.45, 7) is 5.71. The SMILES string of the molecule is CC.Cc1ccc(F)c(C#N)n1. The van der Waals surface area contributed by atoms with E-state index >= 15 is 0 Å². The summed E-state index contributed by atoms with van der Waals surface area (Å²) in [6, 6.07) is 4.41. The number of hydrogen-bond acceptors (Lipinski definition) is 2. The lowest BCUT2D eigenvalue weighted by Gasteiger charge is -1.92. The van der Waals surface area contributed by atoms with E-state index in [9.17, 15) is 4.39 Å². The smallest absolute Gasteiger partial charge is 0.176 e. The molecule has 1 heterocycles. The Hall–Kier alpha value is -1.43. The van der Waals surface area contributed by atoms with Crippen LogP contribution in [0.3, 0.4) is 0 Å². The second-order valence-corrected chi connectivity index (χ2v) is 1.89. The number of aryl methyl sites for hydroxylation is 1. The molecule has 0 aliphatic carbocycles. The molecule has 0 spiro atoms. The van der Waals surface area contributed by atoms with Crippen LogP contribution >= 0.6 is 0 Å². The van der Waals surface area contributed by atoms with Gasteiger partial charge in [0.2, 0.25) is 0 Å². The van der Waals surface area contributed by atoms with Crippen molar-refractivity contribution in [3.63, 3.8) is 0 Å². The van der Waals surface area contributed by atoms with Crippen LogP contribution in [0.1, 0.15) is 25.2 Å². The zero-order valence-electron chi connectivity index (χ0n) is 7.43. The number of pyridine rings is 1. The predicted molar refractivity (Wildman–Crippen MR) is 45.0 cm³/mol. The third-order valence-electron chi connectivity index (χ3n) is 1.09. The van der Waals surface area contributed by atoms with Crippen LogP contribution in [0.2, 0.25) is 0 Å². The molecule has 0 atom stereocenters. The van der Waals surface area contributed by atoms with Crippen molar-refractivity contribution in [2.45, 2.75) is 20.8 Å². The summed E-state index contributed by atoms with van der Waals surface area (Å²) in [5.41, 5.74) is 0.512. The zero-order chi connectivity index (χ0) is 9.56. The largest absolute Gasteiger partial charge is 0.239 e. The Morgan fingerprint density at radius 2 is 2.00 bits per heavy atom. The summed E-state index contributed by atoms with van der Waals surface area (Å²) in [6.07, 6.45) is 0. The summed E-state index contributed by atoms with van der Waals surface area (Å²) in [5, 5.41) is 8.29. The Kier molecular flexibility index (Phi) is 4.62. The molecule has 0 N–H and O–H groups in total. The molecule has 1 aromatic rings. The Morgan fingerprint density at radius 3 is 2.42 bits per heavy atom. The van der Waals surface area contributed by atoms with E-state index in [1.54, 1.807) is 13.0 Å². The predicted octanol–water partition coefficient (Wildman–Crippen LogP) is 2.43. The summed E-state index contributed by atoms with van der Waals surface area (Å²) >= 11 is 0. The van der Waals surface area contributed by atoms with Gasteiger partial charge >= 0.3 is 0 Å². The van der Waals surface area contributed by atoms with Gasteiger partial charge in [0.25, 0.3) is 0 Å². The maximum atomic E-state index is 12.5.